The Morgan fingerprint density at radius 3 is 2.59 bits per heavy atom. The zero-order valence-electron chi connectivity index (χ0n) is 15.3. The molecule has 0 aliphatic carbocycles. The van der Waals surface area contributed by atoms with Crippen LogP contribution in [0.15, 0.2) is 11.9 Å². The Kier molecular flexibility index (Phi) is 3.80. The Hall–Kier alpha value is -2.52. The van der Waals surface area contributed by atoms with Gasteiger partial charge in [0.15, 0.2) is 5.78 Å². The van der Waals surface area contributed by atoms with E-state index in [2.05, 4.69) is 4.98 Å². The van der Waals surface area contributed by atoms with Gasteiger partial charge < -0.3 is 15.1 Å². The van der Waals surface area contributed by atoms with E-state index in [0.717, 1.165) is 0 Å². The number of fused-ring (bicyclic) bond motifs is 2. The lowest BCUT2D eigenvalue weighted by Crippen LogP contribution is -2.63. The van der Waals surface area contributed by atoms with Crippen molar-refractivity contribution < 1.29 is 24.6 Å². The van der Waals surface area contributed by atoms with Gasteiger partial charge >= 0.3 is 5.97 Å². The number of rotatable bonds is 4. The van der Waals surface area contributed by atoms with Crippen molar-refractivity contribution >= 4 is 39.4 Å². The highest BCUT2D eigenvalue weighted by atomic mass is 32.1. The highest BCUT2D eigenvalue weighted by Crippen LogP contribution is 2.51. The minimum Gasteiger partial charge on any atom is -0.477 e. The fourth-order valence-electron chi connectivity index (χ4n) is 4.27. The van der Waals surface area contributed by atoms with Crippen LogP contribution in [-0.2, 0) is 9.59 Å². The Bertz CT molecular complexity index is 1050. The average molecular weight is 389 g/mol. The first kappa shape index (κ1) is 17.9. The van der Waals surface area contributed by atoms with Crippen molar-refractivity contribution in [2.45, 2.75) is 39.8 Å². The van der Waals surface area contributed by atoms with Crippen LogP contribution in [0.4, 0.5) is 0 Å². The molecule has 2 aromatic rings. The van der Waals surface area contributed by atoms with Crippen LogP contribution in [-0.4, -0.2) is 54.3 Å². The van der Waals surface area contributed by atoms with Crippen LogP contribution in [0.2, 0.25) is 0 Å². The minimum atomic E-state index is -1.17. The normalized spacial score (nSPS) is 25.7. The maximum absolute atomic E-state index is 12.5. The average Bonchev–Trinajstić information content (AvgIpc) is 3.17. The molecule has 2 aliphatic rings. The maximum Gasteiger partial charge on any atom is 0.352 e. The highest BCUT2D eigenvalue weighted by molar-refractivity contribution is 7.18. The van der Waals surface area contributed by atoms with Crippen LogP contribution in [0, 0.1) is 18.8 Å². The molecular weight excluding hydrogens is 370 g/mol. The third kappa shape index (κ3) is 2.24. The summed E-state index contributed by atoms with van der Waals surface area (Å²) in [5.41, 5.74) is 0.883. The topological polar surface area (TPSA) is 112 Å². The van der Waals surface area contributed by atoms with Crippen LogP contribution >= 0.6 is 11.3 Å². The van der Waals surface area contributed by atoms with Crippen molar-refractivity contribution in [2.24, 2.45) is 11.8 Å². The standard InChI is InChI=1S/C18H19N3O5S/c1-6-11(10-5-20-9(4)19-13(8(3)23)17(20)27-10)15(18(25)26)21-14(6)12(7(2)22)16(21)24/h5-7,12,14,22H,1-4H3,(H,25,26)/t6-,7+,12+,14+/m0/s1. The number of carbonyl (C=O) groups is 3. The number of Topliss-reactive ketones (excluding diaryl/α,β-unsaturated/α-hetero) is 1. The van der Waals surface area contributed by atoms with E-state index in [1.165, 1.54) is 23.2 Å². The Morgan fingerprint density at radius 2 is 2.04 bits per heavy atom. The molecule has 8 nitrogen and oxygen atoms in total. The van der Waals surface area contributed by atoms with Crippen molar-refractivity contribution in [3.05, 3.63) is 28.3 Å². The number of aromatic nitrogens is 2. The maximum atomic E-state index is 12.5. The number of carbonyl (C=O) groups excluding carboxylic acids is 2. The number of carboxylic acids is 1. The molecule has 0 radical (unpaired) electrons. The molecule has 4 heterocycles. The van der Waals surface area contributed by atoms with Gasteiger partial charge in [-0.2, -0.15) is 0 Å². The number of amides is 1. The summed E-state index contributed by atoms with van der Waals surface area (Å²) in [6, 6.07) is -0.369. The molecule has 0 unspecified atom stereocenters. The Balaban J connectivity index is 1.89. The van der Waals surface area contributed by atoms with E-state index in [4.69, 9.17) is 0 Å². The molecule has 2 aromatic heterocycles. The van der Waals surface area contributed by atoms with Gasteiger partial charge in [0.05, 0.1) is 22.9 Å². The number of thiazole rings is 1. The highest BCUT2D eigenvalue weighted by Gasteiger charge is 2.60. The summed E-state index contributed by atoms with van der Waals surface area (Å²) >= 11 is 1.30. The lowest BCUT2D eigenvalue weighted by molar-refractivity contribution is -0.163. The second-order valence-corrected chi connectivity index (χ2v) is 8.19. The van der Waals surface area contributed by atoms with Crippen molar-refractivity contribution in [3.63, 3.8) is 0 Å². The van der Waals surface area contributed by atoms with Gasteiger partial charge in [0, 0.05) is 24.6 Å². The summed E-state index contributed by atoms with van der Waals surface area (Å²) in [6.45, 7) is 6.64. The summed E-state index contributed by atoms with van der Waals surface area (Å²) in [5.74, 6) is -1.90. The number of hydrogen-bond acceptors (Lipinski definition) is 6. The SMILES string of the molecule is CC(=O)c1nc(C)n2cc(C3=C(C(=O)O)N4C(=O)[C@H]([C@@H](C)O)[C@H]4[C@H]3C)sc12. The number of aliphatic hydroxyl groups is 1. The first-order chi connectivity index (χ1) is 12.6. The number of nitrogens with zero attached hydrogens (tertiary/aromatic N) is 3. The zero-order valence-corrected chi connectivity index (χ0v) is 16.1. The number of aliphatic hydroxyl groups excluding tert-OH is 1. The molecule has 4 atom stereocenters. The molecule has 2 aliphatic heterocycles. The molecule has 0 saturated carbocycles. The second-order valence-electron chi connectivity index (χ2n) is 7.16. The van der Waals surface area contributed by atoms with Crippen molar-refractivity contribution in [2.75, 3.05) is 0 Å². The predicted molar refractivity (Wildman–Crippen MR) is 97.3 cm³/mol. The molecule has 1 fully saturated rings. The van der Waals surface area contributed by atoms with E-state index in [9.17, 15) is 24.6 Å². The van der Waals surface area contributed by atoms with Crippen molar-refractivity contribution in [1.82, 2.24) is 14.3 Å². The second kappa shape index (κ2) is 5.74. The third-order valence-electron chi connectivity index (χ3n) is 5.47. The lowest BCUT2D eigenvalue weighted by atomic mass is 9.77. The smallest absolute Gasteiger partial charge is 0.352 e. The first-order valence-electron chi connectivity index (χ1n) is 8.63. The molecule has 0 aromatic carbocycles. The first-order valence-corrected chi connectivity index (χ1v) is 9.45. The molecule has 0 spiro atoms. The van der Waals surface area contributed by atoms with E-state index in [0.29, 0.717) is 26.8 Å². The van der Waals surface area contributed by atoms with Crippen LogP contribution in [0.5, 0.6) is 0 Å². The number of hydrogen-bond donors (Lipinski definition) is 2. The van der Waals surface area contributed by atoms with Crippen LogP contribution < -0.4 is 0 Å². The molecule has 9 heteroatoms. The van der Waals surface area contributed by atoms with Crippen LogP contribution in [0.3, 0.4) is 0 Å². The number of β-lactam (4-membered cyclic amide) rings is 1. The lowest BCUT2D eigenvalue weighted by Gasteiger charge is -2.46. The molecule has 4 rings (SSSR count). The minimum absolute atomic E-state index is 0.0334. The summed E-state index contributed by atoms with van der Waals surface area (Å²) < 4.78 is 1.78. The van der Waals surface area contributed by atoms with Crippen molar-refractivity contribution in [3.8, 4) is 0 Å². The van der Waals surface area contributed by atoms with Gasteiger partial charge in [0.25, 0.3) is 0 Å². The van der Waals surface area contributed by atoms with E-state index >= 15 is 0 Å². The quantitative estimate of drug-likeness (QED) is 0.606. The number of imidazole rings is 1. The fourth-order valence-corrected chi connectivity index (χ4v) is 5.60. The van der Waals surface area contributed by atoms with E-state index in [1.54, 1.807) is 24.4 Å². The van der Waals surface area contributed by atoms with Gasteiger partial charge in [-0.25, -0.2) is 9.78 Å². The van der Waals surface area contributed by atoms with Crippen LogP contribution in [0.25, 0.3) is 10.4 Å². The molecule has 1 saturated heterocycles. The van der Waals surface area contributed by atoms with Gasteiger partial charge in [0.1, 0.15) is 22.0 Å². The summed E-state index contributed by atoms with van der Waals surface area (Å²) in [7, 11) is 0. The number of aryl methyl sites for hydroxylation is 1. The molecule has 27 heavy (non-hydrogen) atoms. The van der Waals surface area contributed by atoms with Gasteiger partial charge in [-0.15, -0.1) is 11.3 Å². The number of aliphatic carboxylic acids is 1. The van der Waals surface area contributed by atoms with Gasteiger partial charge in [0.2, 0.25) is 5.91 Å². The van der Waals surface area contributed by atoms with Gasteiger partial charge in [-0.1, -0.05) is 6.92 Å². The number of carboxylic acid groups (broad SMARTS) is 1. The largest absolute Gasteiger partial charge is 0.477 e. The summed E-state index contributed by atoms with van der Waals surface area (Å²) in [5, 5.41) is 19.7. The molecular formula is C18H19N3O5S. The summed E-state index contributed by atoms with van der Waals surface area (Å²) in [6.07, 6.45) is 0.933. The Morgan fingerprint density at radius 1 is 1.37 bits per heavy atom. The zero-order chi connectivity index (χ0) is 19.8. The fraction of sp³-hybridized carbons (Fsp3) is 0.444. The Labute approximate surface area is 158 Å². The third-order valence-corrected chi connectivity index (χ3v) is 6.60. The predicted octanol–water partition coefficient (Wildman–Crippen LogP) is 1.56. The molecule has 1 amide bonds. The monoisotopic (exact) mass is 389 g/mol. The van der Waals surface area contributed by atoms with Gasteiger partial charge in [-0.3, -0.25) is 14.0 Å². The van der Waals surface area contributed by atoms with Crippen molar-refractivity contribution in [1.29, 1.82) is 0 Å². The van der Waals surface area contributed by atoms with E-state index in [1.807, 2.05) is 6.92 Å². The van der Waals surface area contributed by atoms with E-state index < -0.39 is 18.0 Å². The molecule has 0 bridgehead atoms. The van der Waals surface area contributed by atoms with Gasteiger partial charge in [-0.05, 0) is 13.8 Å². The molecule has 142 valence electrons. The molecule has 2 N–H and O–H groups in total. The number of ketones is 1. The van der Waals surface area contributed by atoms with Crippen LogP contribution in [0.1, 0.15) is 42.0 Å². The summed E-state index contributed by atoms with van der Waals surface area (Å²) in [4.78, 5) is 43.2. The van der Waals surface area contributed by atoms with E-state index in [-0.39, 0.29) is 29.3 Å².